The first kappa shape index (κ1) is 23.4. The van der Waals surface area contributed by atoms with Crippen molar-refractivity contribution in [2.45, 2.75) is 76.3 Å². The minimum Gasteiger partial charge on any atom is -0.481 e. The minimum atomic E-state index is -0.876. The quantitative estimate of drug-likeness (QED) is 0.740. The number of rotatable bonds is 5. The maximum Gasteiger partial charge on any atom is 0.260 e. The van der Waals surface area contributed by atoms with Gasteiger partial charge in [-0.1, -0.05) is 0 Å². The average Bonchev–Trinajstić information content (AvgIpc) is 3.33. The third-order valence-electron chi connectivity index (χ3n) is 7.41. The number of carbonyl (C=O) groups excluding carboxylic acids is 1. The molecule has 0 aliphatic carbocycles. The number of hydrogen-bond donors (Lipinski definition) is 1. The molecular formula is C24H33F2NO5. The highest BCUT2D eigenvalue weighted by Crippen LogP contribution is 2.49. The summed E-state index contributed by atoms with van der Waals surface area (Å²) in [5.74, 6) is -1.85. The predicted octanol–water partition coefficient (Wildman–Crippen LogP) is 3.45. The number of carbonyl (C=O) groups is 1. The van der Waals surface area contributed by atoms with Crippen LogP contribution >= 0.6 is 0 Å². The first-order valence-corrected chi connectivity index (χ1v) is 11.4. The van der Waals surface area contributed by atoms with Crippen molar-refractivity contribution in [2.24, 2.45) is 5.41 Å². The predicted molar refractivity (Wildman–Crippen MR) is 113 cm³/mol. The van der Waals surface area contributed by atoms with E-state index < -0.39 is 22.8 Å². The highest BCUT2D eigenvalue weighted by Gasteiger charge is 2.53. The Morgan fingerprint density at radius 1 is 1.28 bits per heavy atom. The van der Waals surface area contributed by atoms with Crippen LogP contribution in [-0.2, 0) is 14.3 Å². The summed E-state index contributed by atoms with van der Waals surface area (Å²) >= 11 is 0. The molecule has 3 heterocycles. The molecule has 0 aromatic heterocycles. The molecule has 32 heavy (non-hydrogen) atoms. The van der Waals surface area contributed by atoms with E-state index >= 15 is 0 Å². The maximum absolute atomic E-state index is 13.7. The zero-order valence-corrected chi connectivity index (χ0v) is 19.0. The second kappa shape index (κ2) is 8.54. The van der Waals surface area contributed by atoms with Gasteiger partial charge in [-0.2, -0.15) is 0 Å². The van der Waals surface area contributed by atoms with E-state index in [9.17, 15) is 18.7 Å². The Morgan fingerprint density at radius 2 is 2.00 bits per heavy atom. The van der Waals surface area contributed by atoms with Gasteiger partial charge in [-0.15, -0.1) is 0 Å². The molecule has 0 radical (unpaired) electrons. The van der Waals surface area contributed by atoms with Crippen LogP contribution < -0.4 is 4.74 Å². The summed E-state index contributed by atoms with van der Waals surface area (Å²) in [6.07, 6.45) is 3.96. The number of halogens is 2. The molecular weight excluding hydrogens is 420 g/mol. The van der Waals surface area contributed by atoms with Crippen LogP contribution in [0, 0.1) is 17.0 Å². The summed E-state index contributed by atoms with van der Waals surface area (Å²) in [6.45, 7) is 7.18. The van der Waals surface area contributed by atoms with Crippen LogP contribution in [0.15, 0.2) is 18.2 Å². The minimum absolute atomic E-state index is 0.0184. The number of likely N-dealkylation sites (tertiary alicyclic amines) is 1. The van der Waals surface area contributed by atoms with Crippen molar-refractivity contribution in [3.63, 3.8) is 0 Å². The van der Waals surface area contributed by atoms with E-state index in [0.717, 1.165) is 44.2 Å². The fourth-order valence-corrected chi connectivity index (χ4v) is 5.18. The molecule has 4 rings (SSSR count). The van der Waals surface area contributed by atoms with Crippen molar-refractivity contribution >= 4 is 5.91 Å². The van der Waals surface area contributed by atoms with Gasteiger partial charge >= 0.3 is 0 Å². The van der Waals surface area contributed by atoms with Gasteiger partial charge in [0.25, 0.3) is 5.91 Å². The van der Waals surface area contributed by atoms with Crippen LogP contribution in [0.25, 0.3) is 0 Å². The van der Waals surface area contributed by atoms with Gasteiger partial charge in [0.15, 0.2) is 18.2 Å². The number of benzene rings is 1. The van der Waals surface area contributed by atoms with Crippen LogP contribution in [0.4, 0.5) is 8.78 Å². The average molecular weight is 454 g/mol. The molecule has 1 aromatic rings. The summed E-state index contributed by atoms with van der Waals surface area (Å²) in [5, 5.41) is 10.3. The van der Waals surface area contributed by atoms with E-state index in [2.05, 4.69) is 6.92 Å². The molecule has 3 atom stereocenters. The summed E-state index contributed by atoms with van der Waals surface area (Å²) in [5.41, 5.74) is -1.27. The SMILES string of the molecule is CC(C)(O)[C@H]1CC[C@](C)([C@H]2CC3(CCN(C(=O)COc4ccc(F)cc4F)CC3)CO2)O1. The Hall–Kier alpha value is -1.77. The fraction of sp³-hybridized carbons (Fsp3) is 0.708. The fourth-order valence-electron chi connectivity index (χ4n) is 5.18. The first-order chi connectivity index (χ1) is 15.0. The molecule has 1 aromatic carbocycles. The molecule has 178 valence electrons. The highest BCUT2D eigenvalue weighted by molar-refractivity contribution is 5.77. The second-order valence-corrected chi connectivity index (χ2v) is 10.4. The van der Waals surface area contributed by atoms with Crippen molar-refractivity contribution < 1.29 is 32.9 Å². The summed E-state index contributed by atoms with van der Waals surface area (Å²) in [4.78, 5) is 14.3. The largest absolute Gasteiger partial charge is 0.481 e. The molecule has 1 spiro atoms. The Balaban J connectivity index is 1.28. The van der Waals surface area contributed by atoms with Crippen molar-refractivity contribution in [2.75, 3.05) is 26.3 Å². The van der Waals surface area contributed by atoms with Gasteiger partial charge in [0, 0.05) is 19.2 Å². The van der Waals surface area contributed by atoms with Crippen LogP contribution in [0.1, 0.15) is 52.9 Å². The van der Waals surface area contributed by atoms with E-state index in [1.54, 1.807) is 18.7 Å². The third-order valence-corrected chi connectivity index (χ3v) is 7.41. The van der Waals surface area contributed by atoms with E-state index in [-0.39, 0.29) is 35.9 Å². The molecule has 6 nitrogen and oxygen atoms in total. The van der Waals surface area contributed by atoms with Crippen molar-refractivity contribution in [1.29, 1.82) is 0 Å². The number of ether oxygens (including phenoxy) is 3. The maximum atomic E-state index is 13.7. The van der Waals surface area contributed by atoms with E-state index in [1.807, 2.05) is 0 Å². The lowest BCUT2D eigenvalue weighted by Gasteiger charge is -2.39. The molecule has 0 bridgehead atoms. The molecule has 1 N–H and O–H groups in total. The number of hydrogen-bond acceptors (Lipinski definition) is 5. The Labute approximate surface area is 187 Å². The number of aliphatic hydroxyl groups is 1. The van der Waals surface area contributed by atoms with Crippen LogP contribution in [0.2, 0.25) is 0 Å². The Bertz CT molecular complexity index is 849. The van der Waals surface area contributed by atoms with Crippen LogP contribution in [0.3, 0.4) is 0 Å². The molecule has 3 fully saturated rings. The molecule has 3 aliphatic heterocycles. The number of nitrogens with zero attached hydrogens (tertiary/aromatic N) is 1. The molecule has 0 unspecified atom stereocenters. The lowest BCUT2D eigenvalue weighted by molar-refractivity contribution is -0.155. The lowest BCUT2D eigenvalue weighted by Crippen LogP contribution is -2.46. The number of amides is 1. The highest BCUT2D eigenvalue weighted by atomic mass is 19.1. The number of piperidine rings is 1. The first-order valence-electron chi connectivity index (χ1n) is 11.4. The van der Waals surface area contributed by atoms with Gasteiger partial charge in [-0.3, -0.25) is 4.79 Å². The van der Waals surface area contributed by atoms with Gasteiger partial charge in [0.1, 0.15) is 5.82 Å². The van der Waals surface area contributed by atoms with Gasteiger partial charge in [0.2, 0.25) is 0 Å². The normalized spacial score (nSPS) is 30.1. The van der Waals surface area contributed by atoms with Gasteiger partial charge < -0.3 is 24.2 Å². The zero-order chi connectivity index (χ0) is 23.1. The van der Waals surface area contributed by atoms with Gasteiger partial charge in [-0.05, 0) is 70.4 Å². The van der Waals surface area contributed by atoms with E-state index in [0.29, 0.717) is 19.7 Å². The third kappa shape index (κ3) is 4.77. The van der Waals surface area contributed by atoms with E-state index in [4.69, 9.17) is 14.2 Å². The Kier molecular flexibility index (Phi) is 6.24. The van der Waals surface area contributed by atoms with Crippen molar-refractivity contribution in [3.05, 3.63) is 29.8 Å². The van der Waals surface area contributed by atoms with Gasteiger partial charge in [0.05, 0.1) is 30.0 Å². The Morgan fingerprint density at radius 3 is 2.62 bits per heavy atom. The molecule has 3 aliphatic rings. The monoisotopic (exact) mass is 453 g/mol. The van der Waals surface area contributed by atoms with E-state index in [1.165, 1.54) is 6.07 Å². The van der Waals surface area contributed by atoms with Crippen LogP contribution in [-0.4, -0.2) is 65.6 Å². The molecule has 1 amide bonds. The van der Waals surface area contributed by atoms with Gasteiger partial charge in [-0.25, -0.2) is 8.78 Å². The molecule has 0 saturated carbocycles. The van der Waals surface area contributed by atoms with Crippen molar-refractivity contribution in [3.8, 4) is 5.75 Å². The second-order valence-electron chi connectivity index (χ2n) is 10.4. The summed E-state index contributed by atoms with van der Waals surface area (Å²) in [6, 6.07) is 3.02. The summed E-state index contributed by atoms with van der Waals surface area (Å²) in [7, 11) is 0. The molecule has 8 heteroatoms. The van der Waals surface area contributed by atoms with Crippen molar-refractivity contribution in [1.82, 2.24) is 4.90 Å². The smallest absolute Gasteiger partial charge is 0.260 e. The topological polar surface area (TPSA) is 68.2 Å². The lowest BCUT2D eigenvalue weighted by atomic mass is 9.74. The summed E-state index contributed by atoms with van der Waals surface area (Å²) < 4.78 is 44.5. The molecule has 3 saturated heterocycles. The van der Waals surface area contributed by atoms with Crippen LogP contribution in [0.5, 0.6) is 5.75 Å². The zero-order valence-electron chi connectivity index (χ0n) is 19.0. The standard InChI is InChI=1S/C24H33F2NO5/c1-22(2,29)19-6-7-23(3,32-19)20-13-24(15-31-20)8-10-27(11-9-24)21(28)14-30-18-5-4-16(25)12-17(18)26/h4-5,12,19-20,29H,6-11,13-15H2,1-3H3/t19-,20-,23-/m1/s1.